The van der Waals surface area contributed by atoms with E-state index >= 15 is 0 Å². The van der Waals surface area contributed by atoms with Crippen molar-refractivity contribution in [3.63, 3.8) is 0 Å². The van der Waals surface area contributed by atoms with Crippen molar-refractivity contribution in [2.75, 3.05) is 0 Å². The van der Waals surface area contributed by atoms with Gasteiger partial charge in [0.1, 0.15) is 5.78 Å². The zero-order chi connectivity index (χ0) is 17.8. The first-order chi connectivity index (χ1) is 11.5. The minimum absolute atomic E-state index is 0.179. The molecule has 0 aromatic rings. The number of carbonyl (C=O) groups is 2. The highest BCUT2D eigenvalue weighted by Crippen LogP contribution is 2.36. The van der Waals surface area contributed by atoms with Gasteiger partial charge in [-0.05, 0) is 50.9 Å². The number of aliphatic carboxylic acids is 1. The highest BCUT2D eigenvalue weighted by molar-refractivity contribution is 5.83. The number of Topliss-reactive ketones (excluding diaryl/α,β-unsaturated/α-hetero) is 1. The normalized spacial score (nSPS) is 22.3. The number of aliphatic hydroxyl groups excluding tert-OH is 1. The standard InChI is InChI=1S/C20H34O4/c1-2-3-10-17(21)11-8-9-16-14-15-19(22)18(16)12-6-4-5-7-13-20(23)24/h7,13,16-18,21H,2-6,8-12,14-15H2,1H3,(H,23,24)/t16-,17?,18+/m0/s1. The third-order valence-corrected chi connectivity index (χ3v) is 5.14. The van der Waals surface area contributed by atoms with Crippen molar-refractivity contribution < 1.29 is 19.8 Å². The Bertz CT molecular complexity index is 402. The molecule has 4 heteroatoms. The molecule has 1 unspecified atom stereocenters. The van der Waals surface area contributed by atoms with Gasteiger partial charge in [0.25, 0.3) is 0 Å². The smallest absolute Gasteiger partial charge is 0.327 e. The summed E-state index contributed by atoms with van der Waals surface area (Å²) < 4.78 is 0. The molecule has 2 N–H and O–H groups in total. The quantitative estimate of drug-likeness (QED) is 0.383. The SMILES string of the molecule is CCCCC(O)CCC[C@H]1CCC(=O)[C@@H]1CCCCC=CC(=O)O. The predicted octanol–water partition coefficient (Wildman–Crippen LogP) is 4.50. The molecule has 0 bridgehead atoms. The summed E-state index contributed by atoms with van der Waals surface area (Å²) in [6.07, 6.45) is 14.1. The van der Waals surface area contributed by atoms with Crippen LogP contribution in [0.2, 0.25) is 0 Å². The molecule has 0 spiro atoms. The lowest BCUT2D eigenvalue weighted by atomic mass is 9.86. The minimum atomic E-state index is -0.901. The van der Waals surface area contributed by atoms with E-state index in [0.717, 1.165) is 70.6 Å². The summed E-state index contributed by atoms with van der Waals surface area (Å²) in [6.45, 7) is 2.14. The molecule has 138 valence electrons. The molecule has 0 aliphatic heterocycles. The van der Waals surface area contributed by atoms with Crippen molar-refractivity contribution in [3.8, 4) is 0 Å². The molecule has 0 saturated heterocycles. The number of hydrogen-bond acceptors (Lipinski definition) is 3. The number of carboxylic acid groups (broad SMARTS) is 1. The van der Waals surface area contributed by atoms with E-state index in [2.05, 4.69) is 6.92 Å². The Labute approximate surface area is 146 Å². The number of aliphatic hydroxyl groups is 1. The second-order valence-electron chi connectivity index (χ2n) is 7.12. The lowest BCUT2D eigenvalue weighted by molar-refractivity contribution is -0.131. The highest BCUT2D eigenvalue weighted by Gasteiger charge is 2.33. The molecule has 0 heterocycles. The molecule has 1 fully saturated rings. The van der Waals surface area contributed by atoms with E-state index in [4.69, 9.17) is 5.11 Å². The van der Waals surface area contributed by atoms with E-state index < -0.39 is 5.97 Å². The average molecular weight is 338 g/mol. The lowest BCUT2D eigenvalue weighted by Gasteiger charge is -2.19. The van der Waals surface area contributed by atoms with E-state index in [1.165, 1.54) is 6.08 Å². The van der Waals surface area contributed by atoms with E-state index in [9.17, 15) is 14.7 Å². The van der Waals surface area contributed by atoms with Crippen molar-refractivity contribution >= 4 is 11.8 Å². The van der Waals surface area contributed by atoms with E-state index in [1.807, 2.05) is 0 Å². The second kappa shape index (κ2) is 12.2. The van der Waals surface area contributed by atoms with Crippen LogP contribution in [0.15, 0.2) is 12.2 Å². The molecule has 0 aromatic heterocycles. The minimum Gasteiger partial charge on any atom is -0.478 e. The Morgan fingerprint density at radius 2 is 1.96 bits per heavy atom. The van der Waals surface area contributed by atoms with Gasteiger partial charge in [-0.3, -0.25) is 4.79 Å². The molecule has 0 amide bonds. The van der Waals surface area contributed by atoms with Gasteiger partial charge in [-0.25, -0.2) is 4.79 Å². The number of hydrogen-bond donors (Lipinski definition) is 2. The number of carbonyl (C=O) groups excluding carboxylic acids is 1. The van der Waals surface area contributed by atoms with Crippen LogP contribution in [0.3, 0.4) is 0 Å². The molecule has 3 atom stereocenters. The second-order valence-corrected chi connectivity index (χ2v) is 7.12. The van der Waals surface area contributed by atoms with Gasteiger partial charge in [-0.1, -0.05) is 38.7 Å². The first-order valence-electron chi connectivity index (χ1n) is 9.64. The molecule has 1 saturated carbocycles. The summed E-state index contributed by atoms with van der Waals surface area (Å²) >= 11 is 0. The Morgan fingerprint density at radius 1 is 1.21 bits per heavy atom. The Kier molecular flexibility index (Phi) is 10.6. The van der Waals surface area contributed by atoms with E-state index in [0.29, 0.717) is 18.1 Å². The number of carboxylic acids is 1. The molecule has 1 rings (SSSR count). The van der Waals surface area contributed by atoms with Crippen molar-refractivity contribution in [1.29, 1.82) is 0 Å². The van der Waals surface area contributed by atoms with E-state index in [-0.39, 0.29) is 12.0 Å². The van der Waals surface area contributed by atoms with Crippen molar-refractivity contribution in [3.05, 3.63) is 12.2 Å². The van der Waals surface area contributed by atoms with Gasteiger partial charge >= 0.3 is 5.97 Å². The van der Waals surface area contributed by atoms with Crippen LogP contribution in [0.5, 0.6) is 0 Å². The van der Waals surface area contributed by atoms with Crippen molar-refractivity contribution in [2.24, 2.45) is 11.8 Å². The molecule has 1 aliphatic carbocycles. The summed E-state index contributed by atoms with van der Waals surface area (Å²) in [7, 11) is 0. The maximum Gasteiger partial charge on any atom is 0.327 e. The Balaban J connectivity index is 2.21. The van der Waals surface area contributed by atoms with Gasteiger partial charge in [-0.2, -0.15) is 0 Å². The molecule has 24 heavy (non-hydrogen) atoms. The number of ketones is 1. The summed E-state index contributed by atoms with van der Waals surface area (Å²) in [5.74, 6) is 0.196. The molecule has 4 nitrogen and oxygen atoms in total. The topological polar surface area (TPSA) is 74.6 Å². The van der Waals surface area contributed by atoms with Gasteiger partial charge in [0, 0.05) is 18.4 Å². The van der Waals surface area contributed by atoms with Crippen LogP contribution in [0, 0.1) is 11.8 Å². The van der Waals surface area contributed by atoms with Crippen LogP contribution in [0.4, 0.5) is 0 Å². The number of unbranched alkanes of at least 4 members (excludes halogenated alkanes) is 3. The van der Waals surface area contributed by atoms with Crippen LogP contribution in [0.25, 0.3) is 0 Å². The molecule has 1 aliphatic rings. The lowest BCUT2D eigenvalue weighted by Crippen LogP contribution is -2.15. The number of rotatable bonds is 13. The van der Waals surface area contributed by atoms with Crippen LogP contribution in [-0.4, -0.2) is 28.1 Å². The van der Waals surface area contributed by atoms with Gasteiger partial charge in [0.2, 0.25) is 0 Å². The van der Waals surface area contributed by atoms with E-state index in [1.54, 1.807) is 6.08 Å². The van der Waals surface area contributed by atoms with Gasteiger partial charge in [0.15, 0.2) is 0 Å². The van der Waals surface area contributed by atoms with Gasteiger partial charge in [0.05, 0.1) is 6.10 Å². The maximum atomic E-state index is 12.1. The third-order valence-electron chi connectivity index (χ3n) is 5.14. The Hall–Kier alpha value is -1.16. The van der Waals surface area contributed by atoms with Crippen molar-refractivity contribution in [2.45, 2.75) is 90.1 Å². The predicted molar refractivity (Wildman–Crippen MR) is 95.8 cm³/mol. The van der Waals surface area contributed by atoms with Crippen LogP contribution >= 0.6 is 0 Å². The highest BCUT2D eigenvalue weighted by atomic mass is 16.4. The zero-order valence-corrected chi connectivity index (χ0v) is 15.1. The van der Waals surface area contributed by atoms with Gasteiger partial charge < -0.3 is 10.2 Å². The fourth-order valence-electron chi connectivity index (χ4n) is 3.73. The first kappa shape index (κ1) is 20.9. The molecular weight excluding hydrogens is 304 g/mol. The molecular formula is C20H34O4. The summed E-state index contributed by atoms with van der Waals surface area (Å²) in [5.41, 5.74) is 0. The van der Waals surface area contributed by atoms with Crippen LogP contribution < -0.4 is 0 Å². The maximum absolute atomic E-state index is 12.1. The average Bonchev–Trinajstić information content (AvgIpc) is 2.89. The summed E-state index contributed by atoms with van der Waals surface area (Å²) in [5, 5.41) is 18.5. The van der Waals surface area contributed by atoms with Crippen molar-refractivity contribution in [1.82, 2.24) is 0 Å². The fraction of sp³-hybridized carbons (Fsp3) is 0.800. The van der Waals surface area contributed by atoms with Crippen LogP contribution in [0.1, 0.15) is 84.0 Å². The first-order valence-corrected chi connectivity index (χ1v) is 9.64. The Morgan fingerprint density at radius 3 is 2.67 bits per heavy atom. The molecule has 0 aromatic carbocycles. The summed E-state index contributed by atoms with van der Waals surface area (Å²) in [6, 6.07) is 0. The zero-order valence-electron chi connectivity index (χ0n) is 15.1. The molecule has 0 radical (unpaired) electrons. The fourth-order valence-corrected chi connectivity index (χ4v) is 3.73. The van der Waals surface area contributed by atoms with Gasteiger partial charge in [-0.15, -0.1) is 0 Å². The van der Waals surface area contributed by atoms with Crippen LogP contribution in [-0.2, 0) is 9.59 Å². The monoisotopic (exact) mass is 338 g/mol. The number of allylic oxidation sites excluding steroid dienone is 1. The summed E-state index contributed by atoms with van der Waals surface area (Å²) in [4.78, 5) is 22.5. The largest absolute Gasteiger partial charge is 0.478 e. The third kappa shape index (κ3) is 8.62.